The number of quaternary nitrogens is 1. The van der Waals surface area contributed by atoms with Crippen LogP contribution in [0.1, 0.15) is 29.8 Å². The van der Waals surface area contributed by atoms with Crippen LogP contribution in [0.3, 0.4) is 0 Å². The summed E-state index contributed by atoms with van der Waals surface area (Å²) in [6.45, 7) is 5.20. The van der Waals surface area contributed by atoms with Crippen LogP contribution in [0.15, 0.2) is 48.5 Å². The van der Waals surface area contributed by atoms with Crippen LogP contribution in [-0.4, -0.2) is 31.9 Å². The molecule has 132 valence electrons. The molecular formula is C20H25N2O3+. The van der Waals surface area contributed by atoms with E-state index in [0.29, 0.717) is 24.4 Å². The molecule has 0 aliphatic carbocycles. The lowest BCUT2D eigenvalue weighted by molar-refractivity contribution is -0.885. The molecule has 0 heterocycles. The van der Waals surface area contributed by atoms with E-state index in [9.17, 15) is 9.59 Å². The fourth-order valence-corrected chi connectivity index (χ4v) is 2.58. The molecule has 0 radical (unpaired) electrons. The van der Waals surface area contributed by atoms with E-state index in [4.69, 9.17) is 4.74 Å². The highest BCUT2D eigenvalue weighted by atomic mass is 16.5. The number of ketones is 1. The quantitative estimate of drug-likeness (QED) is 0.722. The van der Waals surface area contributed by atoms with Gasteiger partial charge in [-0.2, -0.15) is 0 Å². The number of nitrogens with one attached hydrogen (secondary N) is 2. The van der Waals surface area contributed by atoms with E-state index in [1.165, 1.54) is 6.92 Å². The van der Waals surface area contributed by atoms with Crippen molar-refractivity contribution in [3.63, 3.8) is 0 Å². The van der Waals surface area contributed by atoms with Crippen molar-refractivity contribution in [1.29, 1.82) is 0 Å². The molecule has 0 aromatic heterocycles. The lowest BCUT2D eigenvalue weighted by atomic mass is 10.1. The molecule has 0 saturated carbocycles. The maximum absolute atomic E-state index is 12.2. The van der Waals surface area contributed by atoms with Gasteiger partial charge in [0.15, 0.2) is 12.3 Å². The molecule has 0 fully saturated rings. The Morgan fingerprint density at radius 3 is 2.48 bits per heavy atom. The van der Waals surface area contributed by atoms with Gasteiger partial charge in [0.25, 0.3) is 5.91 Å². The molecule has 0 saturated heterocycles. The van der Waals surface area contributed by atoms with Gasteiger partial charge in [-0.3, -0.25) is 9.59 Å². The lowest BCUT2D eigenvalue weighted by Crippen LogP contribution is -3.08. The largest absolute Gasteiger partial charge is 0.494 e. The van der Waals surface area contributed by atoms with Crippen molar-refractivity contribution in [3.8, 4) is 5.75 Å². The van der Waals surface area contributed by atoms with Gasteiger partial charge in [-0.15, -0.1) is 0 Å². The summed E-state index contributed by atoms with van der Waals surface area (Å²) in [5, 5.41) is 2.85. The first kappa shape index (κ1) is 18.7. The number of Topliss-reactive ketones (excluding diaryl/α,β-unsaturated/α-hetero) is 1. The van der Waals surface area contributed by atoms with Crippen molar-refractivity contribution in [2.75, 3.05) is 25.5 Å². The van der Waals surface area contributed by atoms with Gasteiger partial charge in [0.2, 0.25) is 0 Å². The van der Waals surface area contributed by atoms with Crippen molar-refractivity contribution >= 4 is 17.4 Å². The number of hydrogen-bond donors (Lipinski definition) is 2. The Morgan fingerprint density at radius 2 is 1.84 bits per heavy atom. The van der Waals surface area contributed by atoms with Crippen LogP contribution >= 0.6 is 0 Å². The maximum Gasteiger partial charge on any atom is 0.279 e. The minimum atomic E-state index is -0.0795. The van der Waals surface area contributed by atoms with E-state index >= 15 is 0 Å². The van der Waals surface area contributed by atoms with Crippen LogP contribution in [0, 0.1) is 0 Å². The number of hydrogen-bond acceptors (Lipinski definition) is 3. The first-order chi connectivity index (χ1) is 12.0. The molecule has 5 nitrogen and oxygen atoms in total. The number of carbonyl (C=O) groups excluding carboxylic acids is 2. The van der Waals surface area contributed by atoms with Crippen LogP contribution in [0.4, 0.5) is 5.69 Å². The predicted molar refractivity (Wildman–Crippen MR) is 98.1 cm³/mol. The molecule has 0 spiro atoms. The zero-order chi connectivity index (χ0) is 18.2. The van der Waals surface area contributed by atoms with Gasteiger partial charge in [-0.25, -0.2) is 0 Å². The number of likely N-dealkylation sites (N-methyl/N-ethyl adjacent to an activating group) is 1. The summed E-state index contributed by atoms with van der Waals surface area (Å²) in [5.74, 6) is 0.755. The van der Waals surface area contributed by atoms with Gasteiger partial charge in [0, 0.05) is 16.8 Å². The molecule has 2 rings (SSSR count). The van der Waals surface area contributed by atoms with E-state index in [0.717, 1.165) is 22.8 Å². The van der Waals surface area contributed by atoms with Gasteiger partial charge in [0.05, 0.1) is 13.7 Å². The van der Waals surface area contributed by atoms with Gasteiger partial charge < -0.3 is 15.0 Å². The molecule has 2 N–H and O–H groups in total. The fourth-order valence-electron chi connectivity index (χ4n) is 2.58. The zero-order valence-corrected chi connectivity index (χ0v) is 15.0. The first-order valence-corrected chi connectivity index (χ1v) is 8.42. The van der Waals surface area contributed by atoms with Gasteiger partial charge in [-0.1, -0.05) is 12.1 Å². The molecular weight excluding hydrogens is 316 g/mol. The third-order valence-corrected chi connectivity index (χ3v) is 3.76. The third kappa shape index (κ3) is 6.04. The molecule has 1 unspecified atom stereocenters. The van der Waals surface area contributed by atoms with Gasteiger partial charge in [0.1, 0.15) is 12.3 Å². The zero-order valence-electron chi connectivity index (χ0n) is 15.0. The summed E-state index contributed by atoms with van der Waals surface area (Å²) in [4.78, 5) is 24.7. The third-order valence-electron chi connectivity index (χ3n) is 3.76. The minimum absolute atomic E-state index is 0.0191. The average molecular weight is 341 g/mol. The molecule has 1 amide bonds. The SMILES string of the molecule is CCOc1ccc(C[NH+](C)CC(=O)Nc2cccc(C(C)=O)c2)cc1. The normalized spacial score (nSPS) is 11.6. The Morgan fingerprint density at radius 1 is 1.12 bits per heavy atom. The highest BCUT2D eigenvalue weighted by molar-refractivity contribution is 5.97. The summed E-state index contributed by atoms with van der Waals surface area (Å²) in [5.41, 5.74) is 2.38. The number of rotatable bonds is 8. The van der Waals surface area contributed by atoms with Crippen LogP contribution in [0.2, 0.25) is 0 Å². The second kappa shape index (κ2) is 8.99. The predicted octanol–water partition coefficient (Wildman–Crippen LogP) is 1.94. The molecule has 25 heavy (non-hydrogen) atoms. The second-order valence-electron chi connectivity index (χ2n) is 6.07. The summed E-state index contributed by atoms with van der Waals surface area (Å²) in [7, 11) is 1.97. The second-order valence-corrected chi connectivity index (χ2v) is 6.07. The average Bonchev–Trinajstić information content (AvgIpc) is 2.57. The topological polar surface area (TPSA) is 59.8 Å². The van der Waals surface area contributed by atoms with Crippen LogP contribution in [0.25, 0.3) is 0 Å². The van der Waals surface area contributed by atoms with Crippen molar-refractivity contribution in [1.82, 2.24) is 0 Å². The van der Waals surface area contributed by atoms with Crippen molar-refractivity contribution in [3.05, 3.63) is 59.7 Å². The number of benzene rings is 2. The van der Waals surface area contributed by atoms with Crippen LogP contribution in [0.5, 0.6) is 5.75 Å². The van der Waals surface area contributed by atoms with Gasteiger partial charge in [-0.05, 0) is 50.2 Å². The number of carbonyl (C=O) groups is 2. The minimum Gasteiger partial charge on any atom is -0.494 e. The maximum atomic E-state index is 12.2. The molecule has 0 bridgehead atoms. The van der Waals surface area contributed by atoms with Crippen LogP contribution < -0.4 is 15.0 Å². The Bertz CT molecular complexity index is 726. The summed E-state index contributed by atoms with van der Waals surface area (Å²) in [6, 6.07) is 14.9. The van der Waals surface area contributed by atoms with Crippen molar-refractivity contribution in [2.24, 2.45) is 0 Å². The smallest absolute Gasteiger partial charge is 0.279 e. The summed E-state index contributed by atoms with van der Waals surface area (Å²) >= 11 is 0. The molecule has 2 aromatic carbocycles. The molecule has 5 heteroatoms. The standard InChI is InChI=1S/C20H24N2O3/c1-4-25-19-10-8-16(9-11-19)13-22(3)14-20(24)21-18-7-5-6-17(12-18)15(2)23/h5-12H,4,13-14H2,1-3H3,(H,21,24)/p+1. The highest BCUT2D eigenvalue weighted by Crippen LogP contribution is 2.12. The number of anilines is 1. The molecule has 1 atom stereocenters. The highest BCUT2D eigenvalue weighted by Gasteiger charge is 2.11. The number of ether oxygens (including phenoxy) is 1. The van der Waals surface area contributed by atoms with Crippen LogP contribution in [-0.2, 0) is 11.3 Å². The molecule has 0 aliphatic heterocycles. The van der Waals surface area contributed by atoms with E-state index < -0.39 is 0 Å². The molecule has 2 aromatic rings. The van der Waals surface area contributed by atoms with E-state index in [2.05, 4.69) is 5.32 Å². The summed E-state index contributed by atoms with van der Waals surface area (Å²) in [6.07, 6.45) is 0. The van der Waals surface area contributed by atoms with Crippen molar-refractivity contribution in [2.45, 2.75) is 20.4 Å². The monoisotopic (exact) mass is 341 g/mol. The fraction of sp³-hybridized carbons (Fsp3) is 0.300. The Balaban J connectivity index is 1.87. The van der Waals surface area contributed by atoms with E-state index in [1.54, 1.807) is 24.3 Å². The number of amides is 1. The lowest BCUT2D eigenvalue weighted by Gasteiger charge is -2.14. The summed E-state index contributed by atoms with van der Waals surface area (Å²) < 4.78 is 5.43. The Labute approximate surface area is 148 Å². The van der Waals surface area contributed by atoms with E-state index in [-0.39, 0.29) is 11.7 Å². The molecule has 0 aliphatic rings. The Kier molecular flexibility index (Phi) is 6.71. The Hall–Kier alpha value is -2.66. The van der Waals surface area contributed by atoms with Gasteiger partial charge >= 0.3 is 0 Å². The van der Waals surface area contributed by atoms with E-state index in [1.807, 2.05) is 38.2 Å². The van der Waals surface area contributed by atoms with Crippen molar-refractivity contribution < 1.29 is 19.2 Å². The first-order valence-electron chi connectivity index (χ1n) is 8.42.